The lowest BCUT2D eigenvalue weighted by Gasteiger charge is -2.38. The van der Waals surface area contributed by atoms with Crippen LogP contribution in [0, 0.1) is 20.8 Å². The Morgan fingerprint density at radius 2 is 1.81 bits per heavy atom. The highest BCUT2D eigenvalue weighted by Crippen LogP contribution is 2.44. The van der Waals surface area contributed by atoms with Gasteiger partial charge in [0.05, 0.1) is 18.9 Å². The molecule has 6 nitrogen and oxygen atoms in total. The Bertz CT molecular complexity index is 962. The molecule has 0 bridgehead atoms. The topological polar surface area (TPSA) is 103 Å². The minimum absolute atomic E-state index is 0. The predicted octanol–water partition coefficient (Wildman–Crippen LogP) is 4.93. The summed E-state index contributed by atoms with van der Waals surface area (Å²) in [5, 5.41) is 10.3. The van der Waals surface area contributed by atoms with Crippen molar-refractivity contribution in [2.45, 2.75) is 57.5 Å². The first-order valence-electron chi connectivity index (χ1n) is 10.6. The monoisotopic (exact) mass is 479 g/mol. The molecule has 0 saturated heterocycles. The van der Waals surface area contributed by atoms with E-state index in [0.29, 0.717) is 19.0 Å². The molecule has 1 atom stereocenters. The van der Waals surface area contributed by atoms with Gasteiger partial charge in [0.1, 0.15) is 17.1 Å². The second kappa shape index (κ2) is 11.2. The van der Waals surface area contributed by atoms with E-state index >= 15 is 0 Å². The van der Waals surface area contributed by atoms with Gasteiger partial charge in [0.2, 0.25) is 0 Å². The van der Waals surface area contributed by atoms with Crippen molar-refractivity contribution in [1.29, 1.82) is 0 Å². The summed E-state index contributed by atoms with van der Waals surface area (Å²) in [5.41, 5.74) is 15.3. The van der Waals surface area contributed by atoms with Gasteiger partial charge in [-0.2, -0.15) is 0 Å². The normalized spacial score (nSPS) is 17.1. The molecule has 2 aromatic rings. The Labute approximate surface area is 201 Å². The van der Waals surface area contributed by atoms with Gasteiger partial charge < -0.3 is 26.0 Å². The molecule has 3 rings (SSSR count). The largest absolute Gasteiger partial charge is 0.507 e. The van der Waals surface area contributed by atoms with Gasteiger partial charge in [-0.25, -0.2) is 4.99 Å². The van der Waals surface area contributed by atoms with Crippen molar-refractivity contribution < 1.29 is 14.6 Å². The zero-order valence-electron chi connectivity index (χ0n) is 19.2. The second-order valence-corrected chi connectivity index (χ2v) is 9.49. The molecule has 5 N–H and O–H groups in total. The fourth-order valence-electron chi connectivity index (χ4n) is 3.85. The summed E-state index contributed by atoms with van der Waals surface area (Å²) < 4.78 is 12.3. The highest BCUT2D eigenvalue weighted by atomic mass is 35.5. The Kier molecular flexibility index (Phi) is 9.13. The van der Waals surface area contributed by atoms with Crippen molar-refractivity contribution >= 4 is 35.8 Å². The summed E-state index contributed by atoms with van der Waals surface area (Å²) in [6, 6.07) is 7.80. The van der Waals surface area contributed by atoms with Gasteiger partial charge in [-0.15, -0.1) is 24.2 Å². The average molecular weight is 480 g/mol. The van der Waals surface area contributed by atoms with Gasteiger partial charge in [-0.1, -0.05) is 0 Å². The maximum Gasteiger partial charge on any atom is 0.191 e. The van der Waals surface area contributed by atoms with Gasteiger partial charge in [0, 0.05) is 22.6 Å². The first-order chi connectivity index (χ1) is 14.7. The van der Waals surface area contributed by atoms with E-state index in [1.165, 1.54) is 0 Å². The molecule has 2 aromatic carbocycles. The summed E-state index contributed by atoms with van der Waals surface area (Å²) in [6.45, 7) is 9.44. The first-order valence-corrected chi connectivity index (χ1v) is 11.6. The lowest BCUT2D eigenvalue weighted by atomic mass is 9.86. The van der Waals surface area contributed by atoms with Gasteiger partial charge >= 0.3 is 0 Å². The smallest absolute Gasteiger partial charge is 0.191 e. The third-order valence-corrected chi connectivity index (χ3v) is 6.94. The number of aliphatic imine (C=N–C) groups is 1. The number of nitrogens with two attached hydrogens (primary N) is 2. The third-order valence-electron chi connectivity index (χ3n) is 5.96. The second-order valence-electron chi connectivity index (χ2n) is 8.32. The van der Waals surface area contributed by atoms with Crippen molar-refractivity contribution in [3.63, 3.8) is 0 Å². The van der Waals surface area contributed by atoms with Crippen molar-refractivity contribution in [2.75, 3.05) is 19.0 Å². The summed E-state index contributed by atoms with van der Waals surface area (Å²) >= 11 is 1.74. The van der Waals surface area contributed by atoms with E-state index in [2.05, 4.69) is 11.9 Å². The molecular weight excluding hydrogens is 446 g/mol. The number of phenolic OH excluding ortho intramolecular Hbond substituents is 1. The summed E-state index contributed by atoms with van der Waals surface area (Å²) in [7, 11) is 0. The van der Waals surface area contributed by atoms with Crippen LogP contribution in [0.1, 0.15) is 42.0 Å². The number of guanidine groups is 1. The zero-order chi connectivity index (χ0) is 22.6. The third kappa shape index (κ3) is 6.24. The molecule has 1 unspecified atom stereocenters. The average Bonchev–Trinajstić information content (AvgIpc) is 2.74. The highest BCUT2D eigenvalue weighted by Gasteiger charge is 2.34. The fraction of sp³-hybridized carbons (Fsp3) is 0.458. The van der Waals surface area contributed by atoms with Crippen LogP contribution < -0.4 is 16.2 Å². The molecule has 0 saturated carbocycles. The lowest BCUT2D eigenvalue weighted by Crippen LogP contribution is -2.38. The van der Waals surface area contributed by atoms with Crippen LogP contribution in [0.15, 0.2) is 34.2 Å². The van der Waals surface area contributed by atoms with E-state index in [9.17, 15) is 5.11 Å². The number of rotatable bonds is 8. The minimum Gasteiger partial charge on any atom is -0.507 e. The number of benzene rings is 2. The van der Waals surface area contributed by atoms with Gasteiger partial charge in [-0.05, 0) is 81.5 Å². The molecule has 0 fully saturated rings. The van der Waals surface area contributed by atoms with Gasteiger partial charge in [0.25, 0.3) is 0 Å². The maximum absolute atomic E-state index is 10.3. The molecule has 1 aliphatic rings. The predicted molar refractivity (Wildman–Crippen MR) is 135 cm³/mol. The van der Waals surface area contributed by atoms with Crippen LogP contribution in [-0.4, -0.2) is 35.6 Å². The Hall–Kier alpha value is -2.09. The van der Waals surface area contributed by atoms with Crippen LogP contribution in [0.3, 0.4) is 0 Å². The number of phenols is 1. The van der Waals surface area contributed by atoms with Crippen LogP contribution in [0.5, 0.6) is 11.5 Å². The van der Waals surface area contributed by atoms with E-state index < -0.39 is 0 Å². The number of ether oxygens (including phenoxy) is 2. The van der Waals surface area contributed by atoms with Crippen LogP contribution in [0.25, 0.3) is 0 Å². The van der Waals surface area contributed by atoms with Crippen LogP contribution in [-0.2, 0) is 11.2 Å². The van der Waals surface area contributed by atoms with Gasteiger partial charge in [0.15, 0.2) is 5.96 Å². The number of hydrogen-bond donors (Lipinski definition) is 3. The van der Waals surface area contributed by atoms with Gasteiger partial charge in [-0.3, -0.25) is 0 Å². The Balaban J connectivity index is 0.00000363. The van der Waals surface area contributed by atoms with Crippen LogP contribution in [0.2, 0.25) is 0 Å². The Morgan fingerprint density at radius 1 is 1.12 bits per heavy atom. The summed E-state index contributed by atoms with van der Waals surface area (Å²) in [5.74, 6) is 2.28. The van der Waals surface area contributed by atoms with Crippen molar-refractivity contribution in [1.82, 2.24) is 0 Å². The molecular formula is C24H34ClN3O3S. The number of hydrogen-bond acceptors (Lipinski definition) is 5. The molecule has 0 radical (unpaired) electrons. The summed E-state index contributed by atoms with van der Waals surface area (Å²) in [6.07, 6.45) is 2.67. The molecule has 1 heterocycles. The van der Waals surface area contributed by atoms with E-state index in [4.69, 9.17) is 20.9 Å². The number of nitrogens with zero attached hydrogens (tertiary/aromatic N) is 1. The zero-order valence-corrected chi connectivity index (χ0v) is 20.9. The van der Waals surface area contributed by atoms with E-state index in [0.717, 1.165) is 63.6 Å². The standard InChI is InChI=1S/C24H33N3O3S.ClH/c1-15-16(2)22-20(17(3)21(15)28)9-10-24(4,30-22)11-12-29-13-14-31-19-7-5-18(6-8-19)27-23(25)26;/h5-8,28H,9-14H2,1-4H3,(H4,25,26,27);1H. The first kappa shape index (κ1) is 26.2. The van der Waals surface area contributed by atoms with Crippen LogP contribution >= 0.6 is 24.2 Å². The molecule has 32 heavy (non-hydrogen) atoms. The quantitative estimate of drug-likeness (QED) is 0.215. The molecule has 8 heteroatoms. The van der Waals surface area contributed by atoms with E-state index in [1.807, 2.05) is 45.0 Å². The Morgan fingerprint density at radius 3 is 2.47 bits per heavy atom. The molecule has 0 aliphatic carbocycles. The molecule has 0 amide bonds. The number of fused-ring (bicyclic) bond motifs is 1. The number of halogens is 1. The number of aromatic hydroxyl groups is 1. The van der Waals surface area contributed by atoms with Crippen molar-refractivity contribution in [3.8, 4) is 11.5 Å². The van der Waals surface area contributed by atoms with E-state index in [1.54, 1.807) is 11.8 Å². The van der Waals surface area contributed by atoms with Crippen molar-refractivity contribution in [3.05, 3.63) is 46.5 Å². The molecule has 1 aliphatic heterocycles. The summed E-state index contributed by atoms with van der Waals surface area (Å²) in [4.78, 5) is 5.17. The molecule has 0 spiro atoms. The molecule has 0 aromatic heterocycles. The number of thioether (sulfide) groups is 1. The molecule has 176 valence electrons. The van der Waals surface area contributed by atoms with Crippen LogP contribution in [0.4, 0.5) is 5.69 Å². The lowest BCUT2D eigenvalue weighted by molar-refractivity contribution is 0.0213. The van der Waals surface area contributed by atoms with Crippen molar-refractivity contribution in [2.24, 2.45) is 16.5 Å². The maximum atomic E-state index is 10.3. The SMILES string of the molecule is Cc1c(C)c2c(c(C)c1O)CCC(C)(CCOCCSc1ccc(N=C(N)N)cc1)O2.Cl. The fourth-order valence-corrected chi connectivity index (χ4v) is 4.61. The highest BCUT2D eigenvalue weighted by molar-refractivity contribution is 7.99. The minimum atomic E-state index is -0.248. The van der Waals surface area contributed by atoms with E-state index in [-0.39, 0.29) is 24.0 Å².